The van der Waals surface area contributed by atoms with E-state index in [1.54, 1.807) is 13.0 Å². The number of aliphatic carboxylic acids is 1. The number of hydrogen-bond acceptors (Lipinski definition) is 5. The van der Waals surface area contributed by atoms with Crippen LogP contribution in [0.2, 0.25) is 0 Å². The number of aliphatic hydroxyl groups is 1. The molecule has 0 heterocycles. The number of amides is 2. The second-order valence-electron chi connectivity index (χ2n) is 10.5. The van der Waals surface area contributed by atoms with Crippen LogP contribution in [0.25, 0.3) is 0 Å². The fraction of sp³-hybridized carbons (Fsp3) is 0.680. The Hall–Kier alpha value is -2.48. The molecule has 7 unspecified atom stereocenters. The average Bonchev–Trinajstić information content (AvgIpc) is 2.74. The number of rotatable bonds is 10. The van der Waals surface area contributed by atoms with Crippen LogP contribution >= 0.6 is 0 Å². The molecular formula is C25H36N2O6. The Labute approximate surface area is 194 Å². The first-order valence-corrected chi connectivity index (χ1v) is 11.8. The summed E-state index contributed by atoms with van der Waals surface area (Å²) in [4.78, 5) is 47.9. The van der Waals surface area contributed by atoms with Crippen molar-refractivity contribution in [2.24, 2.45) is 34.3 Å². The summed E-state index contributed by atoms with van der Waals surface area (Å²) in [6, 6.07) is -1.16. The van der Waals surface area contributed by atoms with E-state index < -0.39 is 46.7 Å². The summed E-state index contributed by atoms with van der Waals surface area (Å²) in [6.45, 7) is 7.92. The van der Waals surface area contributed by atoms with Crippen molar-refractivity contribution in [1.29, 1.82) is 0 Å². The molecule has 2 bridgehead atoms. The third-order valence-corrected chi connectivity index (χ3v) is 8.36. The van der Waals surface area contributed by atoms with Crippen LogP contribution in [-0.4, -0.2) is 45.9 Å². The maximum Gasteiger partial charge on any atom is 0.326 e. The van der Waals surface area contributed by atoms with Gasteiger partial charge in [0.05, 0.1) is 6.10 Å². The van der Waals surface area contributed by atoms with Gasteiger partial charge in [-0.3, -0.25) is 14.4 Å². The monoisotopic (exact) mass is 460 g/mol. The molecule has 7 atom stereocenters. The van der Waals surface area contributed by atoms with Gasteiger partial charge in [-0.15, -0.1) is 0 Å². The number of carbonyl (C=O) groups excluding carboxylic acids is 3. The van der Waals surface area contributed by atoms with Gasteiger partial charge in [-0.25, -0.2) is 4.79 Å². The van der Waals surface area contributed by atoms with E-state index in [0.717, 1.165) is 12.0 Å². The first kappa shape index (κ1) is 25.1. The zero-order valence-electron chi connectivity index (χ0n) is 19.5. The summed E-state index contributed by atoms with van der Waals surface area (Å²) < 4.78 is 0. The van der Waals surface area contributed by atoms with Crippen molar-refractivity contribution in [3.8, 4) is 0 Å². The number of hydrogen-bond donors (Lipinski definition) is 4. The van der Waals surface area contributed by atoms with Gasteiger partial charge in [0.2, 0.25) is 11.8 Å². The lowest BCUT2D eigenvalue weighted by Crippen LogP contribution is -2.59. The van der Waals surface area contributed by atoms with E-state index in [9.17, 15) is 29.4 Å². The molecule has 0 aromatic heterocycles. The molecule has 182 valence electrons. The molecule has 33 heavy (non-hydrogen) atoms. The fourth-order valence-electron chi connectivity index (χ4n) is 6.23. The van der Waals surface area contributed by atoms with Crippen molar-refractivity contribution in [3.63, 3.8) is 0 Å². The molecule has 3 saturated carbocycles. The number of carbonyl (C=O) groups is 4. The smallest absolute Gasteiger partial charge is 0.326 e. The van der Waals surface area contributed by atoms with Crippen LogP contribution in [0.15, 0.2) is 24.3 Å². The van der Waals surface area contributed by atoms with Crippen molar-refractivity contribution in [1.82, 2.24) is 5.32 Å². The standard InChI is InChI=1S/C25H36N2O6/c1-14(22(31)27-17(23(32)33)6-7-21(26)30)5-4-9-24(3)18-11-16-12-20(29)25(18,13-15(16)2)10-8-19(24)28/h8,10,14,16-18,20,29H,2,4-7,9,11-13H2,1,3H3,(H2,26,30)(H,27,31)(H,32,33). The minimum absolute atomic E-state index is 0.0380. The number of fused-ring (bicyclic) bond motifs is 2. The summed E-state index contributed by atoms with van der Waals surface area (Å²) in [5.74, 6) is -2.32. The summed E-state index contributed by atoms with van der Waals surface area (Å²) in [6.07, 6.45) is 6.86. The Morgan fingerprint density at radius 1 is 1.30 bits per heavy atom. The maximum absolute atomic E-state index is 13.0. The van der Waals surface area contributed by atoms with Crippen LogP contribution in [0, 0.1) is 28.6 Å². The van der Waals surface area contributed by atoms with E-state index in [0.29, 0.717) is 32.1 Å². The third-order valence-electron chi connectivity index (χ3n) is 8.36. The van der Waals surface area contributed by atoms with Crippen molar-refractivity contribution in [2.45, 2.75) is 77.4 Å². The second kappa shape index (κ2) is 9.41. The summed E-state index contributed by atoms with van der Waals surface area (Å²) in [7, 11) is 0. The average molecular weight is 461 g/mol. The molecule has 0 aromatic rings. The maximum atomic E-state index is 13.0. The third kappa shape index (κ3) is 4.76. The summed E-state index contributed by atoms with van der Waals surface area (Å²) >= 11 is 0. The number of carboxylic acid groups (broad SMARTS) is 1. The van der Waals surface area contributed by atoms with E-state index in [1.807, 2.05) is 13.0 Å². The molecule has 0 saturated heterocycles. The number of aliphatic hydroxyl groups excluding tert-OH is 1. The van der Waals surface area contributed by atoms with Crippen LogP contribution in [-0.2, 0) is 19.2 Å². The molecule has 0 aliphatic heterocycles. The number of carboxylic acids is 1. The summed E-state index contributed by atoms with van der Waals surface area (Å²) in [5.41, 5.74) is 5.19. The Morgan fingerprint density at radius 2 is 2.00 bits per heavy atom. The predicted octanol–water partition coefficient (Wildman–Crippen LogP) is 2.11. The molecule has 8 nitrogen and oxygen atoms in total. The zero-order valence-corrected chi connectivity index (χ0v) is 19.5. The quantitative estimate of drug-likeness (QED) is 0.367. The minimum Gasteiger partial charge on any atom is -0.480 e. The van der Waals surface area contributed by atoms with Crippen LogP contribution in [0.1, 0.15) is 65.2 Å². The van der Waals surface area contributed by atoms with Gasteiger partial charge in [-0.05, 0) is 56.4 Å². The lowest BCUT2D eigenvalue weighted by Gasteiger charge is -2.61. The van der Waals surface area contributed by atoms with E-state index in [-0.39, 0.29) is 30.5 Å². The molecule has 2 amide bonds. The molecular weight excluding hydrogens is 424 g/mol. The van der Waals surface area contributed by atoms with Crippen LogP contribution in [0.4, 0.5) is 0 Å². The fourth-order valence-corrected chi connectivity index (χ4v) is 6.23. The van der Waals surface area contributed by atoms with Crippen LogP contribution in [0.3, 0.4) is 0 Å². The lowest BCUT2D eigenvalue weighted by atomic mass is 9.43. The van der Waals surface area contributed by atoms with Gasteiger partial charge in [0.25, 0.3) is 0 Å². The van der Waals surface area contributed by atoms with Gasteiger partial charge in [-0.1, -0.05) is 38.5 Å². The zero-order chi connectivity index (χ0) is 24.6. The van der Waals surface area contributed by atoms with Crippen LogP contribution < -0.4 is 11.1 Å². The summed E-state index contributed by atoms with van der Waals surface area (Å²) in [5, 5.41) is 22.7. The van der Waals surface area contributed by atoms with Gasteiger partial charge >= 0.3 is 5.97 Å². The highest BCUT2D eigenvalue weighted by atomic mass is 16.4. The van der Waals surface area contributed by atoms with Gasteiger partial charge in [0, 0.05) is 23.2 Å². The predicted molar refractivity (Wildman–Crippen MR) is 122 cm³/mol. The van der Waals surface area contributed by atoms with E-state index in [1.165, 1.54) is 0 Å². The Bertz CT molecular complexity index is 882. The molecule has 1 spiro atoms. The van der Waals surface area contributed by atoms with Crippen molar-refractivity contribution >= 4 is 23.6 Å². The largest absolute Gasteiger partial charge is 0.480 e. The van der Waals surface area contributed by atoms with Gasteiger partial charge in [-0.2, -0.15) is 0 Å². The molecule has 4 aliphatic carbocycles. The first-order chi connectivity index (χ1) is 15.4. The molecule has 8 heteroatoms. The lowest BCUT2D eigenvalue weighted by molar-refractivity contribution is -0.148. The molecule has 5 N–H and O–H groups in total. The molecule has 4 rings (SSSR count). The number of allylic oxidation sites excluding steroid dienone is 2. The Morgan fingerprint density at radius 3 is 2.64 bits per heavy atom. The highest BCUT2D eigenvalue weighted by molar-refractivity contribution is 5.96. The molecule has 0 radical (unpaired) electrons. The Kier molecular flexibility index (Phi) is 7.17. The van der Waals surface area contributed by atoms with Crippen LogP contribution in [0.5, 0.6) is 0 Å². The van der Waals surface area contributed by atoms with E-state index >= 15 is 0 Å². The highest BCUT2D eigenvalue weighted by Gasteiger charge is 2.61. The number of ketones is 1. The van der Waals surface area contributed by atoms with Crippen molar-refractivity contribution in [3.05, 3.63) is 24.3 Å². The highest BCUT2D eigenvalue weighted by Crippen LogP contribution is 2.64. The minimum atomic E-state index is -1.21. The van der Waals surface area contributed by atoms with E-state index in [2.05, 4.69) is 11.9 Å². The molecule has 0 aromatic carbocycles. The van der Waals surface area contributed by atoms with Gasteiger partial charge in [0.1, 0.15) is 6.04 Å². The second-order valence-corrected chi connectivity index (χ2v) is 10.5. The van der Waals surface area contributed by atoms with Crippen molar-refractivity contribution in [2.75, 3.05) is 0 Å². The SMILES string of the molecule is C=C1CC23C=CC(=O)C(C)(CCCC(C)C(=O)NC(CCC(N)=O)C(=O)O)C2CC1CC3O. The number of nitrogens with two attached hydrogens (primary N) is 1. The van der Waals surface area contributed by atoms with Gasteiger partial charge < -0.3 is 21.3 Å². The number of primary amides is 1. The topological polar surface area (TPSA) is 147 Å². The molecule has 3 fully saturated rings. The molecule has 4 aliphatic rings. The van der Waals surface area contributed by atoms with Crippen molar-refractivity contribution < 1.29 is 29.4 Å². The van der Waals surface area contributed by atoms with Gasteiger partial charge in [0.15, 0.2) is 5.78 Å². The normalized spacial score (nSPS) is 34.5. The number of nitrogens with one attached hydrogen (secondary N) is 1. The van der Waals surface area contributed by atoms with E-state index in [4.69, 9.17) is 5.73 Å². The Balaban J connectivity index is 1.61. The first-order valence-electron chi connectivity index (χ1n) is 11.8.